The molecule has 11 heteroatoms. The summed E-state index contributed by atoms with van der Waals surface area (Å²) in [6.07, 6.45) is 4.54. The lowest BCUT2D eigenvalue weighted by Gasteiger charge is -2.31. The Kier molecular flexibility index (Phi) is 7.71. The summed E-state index contributed by atoms with van der Waals surface area (Å²) in [6.45, 7) is 4.10. The number of hydrogen-bond acceptors (Lipinski definition) is 7. The van der Waals surface area contributed by atoms with Crippen LogP contribution in [0.1, 0.15) is 49.0 Å². The Morgan fingerprint density at radius 1 is 1.21 bits per heavy atom. The van der Waals surface area contributed by atoms with E-state index in [1.807, 2.05) is 0 Å². The molecule has 1 atom stereocenters. The number of nitrogens with one attached hydrogen (secondary N) is 1. The maximum Gasteiger partial charge on any atom is 0.287 e. The third kappa shape index (κ3) is 5.35. The molecule has 2 saturated heterocycles. The van der Waals surface area contributed by atoms with Crippen molar-refractivity contribution in [3.8, 4) is 0 Å². The summed E-state index contributed by atoms with van der Waals surface area (Å²) in [5, 5.41) is 7.63. The maximum atomic E-state index is 13.0. The van der Waals surface area contributed by atoms with E-state index < -0.39 is 10.0 Å². The molecule has 0 unspecified atom stereocenters. The Morgan fingerprint density at radius 2 is 1.91 bits per heavy atom. The number of hydrogen-bond donors (Lipinski definition) is 1. The van der Waals surface area contributed by atoms with Crippen molar-refractivity contribution in [3.63, 3.8) is 0 Å². The van der Waals surface area contributed by atoms with Gasteiger partial charge < -0.3 is 10.1 Å². The highest BCUT2D eigenvalue weighted by Gasteiger charge is 2.31. The summed E-state index contributed by atoms with van der Waals surface area (Å²) in [4.78, 5) is 24.5. The van der Waals surface area contributed by atoms with Crippen LogP contribution < -0.4 is 10.9 Å². The van der Waals surface area contributed by atoms with E-state index in [1.54, 1.807) is 6.20 Å². The molecule has 1 aromatic heterocycles. The molecule has 0 amide bonds. The van der Waals surface area contributed by atoms with Crippen LogP contribution in [-0.2, 0) is 14.8 Å². The van der Waals surface area contributed by atoms with Gasteiger partial charge in [0, 0.05) is 31.8 Å². The molecule has 2 aliphatic heterocycles. The van der Waals surface area contributed by atoms with E-state index in [1.165, 1.54) is 40.2 Å². The van der Waals surface area contributed by atoms with Gasteiger partial charge in [0.2, 0.25) is 10.0 Å². The van der Waals surface area contributed by atoms with Gasteiger partial charge in [0.1, 0.15) is 5.02 Å². The third-order valence-corrected chi connectivity index (χ3v) is 8.73. The number of anilines is 1. The summed E-state index contributed by atoms with van der Waals surface area (Å²) in [5.74, 6) is 0.253. The number of ether oxygens (including phenoxy) is 1. The van der Waals surface area contributed by atoms with Crippen LogP contribution in [0.25, 0.3) is 0 Å². The Hall–Kier alpha value is -2.27. The fourth-order valence-corrected chi connectivity index (χ4v) is 6.06. The molecule has 0 bridgehead atoms. The van der Waals surface area contributed by atoms with Gasteiger partial charge >= 0.3 is 0 Å². The molecule has 34 heavy (non-hydrogen) atoms. The van der Waals surface area contributed by atoms with Crippen molar-refractivity contribution in [2.24, 2.45) is 5.92 Å². The first kappa shape index (κ1) is 24.8. The minimum atomic E-state index is -3.69. The Morgan fingerprint density at radius 3 is 2.53 bits per heavy atom. The molecule has 3 heterocycles. The summed E-state index contributed by atoms with van der Waals surface area (Å²) in [6, 6.07) is 5.70. The zero-order valence-corrected chi connectivity index (χ0v) is 20.6. The van der Waals surface area contributed by atoms with Gasteiger partial charge in [0.25, 0.3) is 5.56 Å². The molecule has 4 rings (SSSR count). The largest absolute Gasteiger partial charge is 0.382 e. The number of sulfonamides is 1. The second-order valence-electron chi connectivity index (χ2n) is 8.80. The van der Waals surface area contributed by atoms with Gasteiger partial charge in [-0.05, 0) is 50.7 Å². The van der Waals surface area contributed by atoms with E-state index in [0.717, 1.165) is 19.4 Å². The molecule has 0 aliphatic carbocycles. The minimum absolute atomic E-state index is 0.0901. The first-order valence-electron chi connectivity index (χ1n) is 11.5. The van der Waals surface area contributed by atoms with Crippen LogP contribution in [0.3, 0.4) is 0 Å². The molecule has 9 nitrogen and oxygen atoms in total. The van der Waals surface area contributed by atoms with Crippen molar-refractivity contribution in [2.45, 2.75) is 43.5 Å². The summed E-state index contributed by atoms with van der Waals surface area (Å²) in [5.41, 5.74) is 0.584. The highest BCUT2D eigenvalue weighted by Crippen LogP contribution is 2.27. The lowest BCUT2D eigenvalue weighted by atomic mass is 10.0. The Balaban J connectivity index is 1.40. The summed E-state index contributed by atoms with van der Waals surface area (Å²) >= 11 is 6.35. The predicted octanol–water partition coefficient (Wildman–Crippen LogP) is 2.96. The number of piperidine rings is 1. The van der Waals surface area contributed by atoms with Crippen LogP contribution in [0.4, 0.5) is 5.69 Å². The first-order chi connectivity index (χ1) is 16.3. The van der Waals surface area contributed by atoms with E-state index in [0.29, 0.717) is 43.2 Å². The number of carbonyl (C=O) groups is 1. The molecule has 0 radical (unpaired) electrons. The summed E-state index contributed by atoms with van der Waals surface area (Å²) in [7, 11) is -3.69. The van der Waals surface area contributed by atoms with Crippen molar-refractivity contribution in [1.29, 1.82) is 0 Å². The minimum Gasteiger partial charge on any atom is -0.382 e. The van der Waals surface area contributed by atoms with Crippen LogP contribution in [0.5, 0.6) is 0 Å². The number of nitrogens with zero attached hydrogens (tertiary/aromatic N) is 3. The molecular formula is C23H29ClN4O5S. The van der Waals surface area contributed by atoms with E-state index >= 15 is 0 Å². The van der Waals surface area contributed by atoms with Crippen LogP contribution in [0, 0.1) is 5.92 Å². The van der Waals surface area contributed by atoms with Gasteiger partial charge in [0.15, 0.2) is 5.78 Å². The highest BCUT2D eigenvalue weighted by atomic mass is 35.5. The SMILES string of the molecule is CC(=O)c1ccc(S(=O)(=O)N2CCC(n3ncc(NC[C@H]4CCCOC4)c(Cl)c3=O)CC2)cc1. The van der Waals surface area contributed by atoms with Crippen LogP contribution in [-0.4, -0.2) is 61.1 Å². The number of carbonyl (C=O) groups excluding carboxylic acids is 1. The highest BCUT2D eigenvalue weighted by molar-refractivity contribution is 7.89. The van der Waals surface area contributed by atoms with Gasteiger partial charge in [-0.25, -0.2) is 13.1 Å². The number of halogens is 1. The van der Waals surface area contributed by atoms with Crippen molar-refractivity contribution < 1.29 is 17.9 Å². The number of benzene rings is 1. The summed E-state index contributed by atoms with van der Waals surface area (Å²) < 4.78 is 34.2. The quantitative estimate of drug-likeness (QED) is 0.572. The second-order valence-corrected chi connectivity index (χ2v) is 11.1. The number of aromatic nitrogens is 2. The molecule has 1 aromatic carbocycles. The van der Waals surface area contributed by atoms with Crippen molar-refractivity contribution in [3.05, 3.63) is 51.4 Å². The predicted molar refractivity (Wildman–Crippen MR) is 129 cm³/mol. The van der Waals surface area contributed by atoms with Crippen LogP contribution in [0.2, 0.25) is 5.02 Å². The topological polar surface area (TPSA) is 111 Å². The molecule has 2 aromatic rings. The standard InChI is InChI=1S/C23H29ClN4O5S/c1-16(29)18-4-6-20(7-5-18)34(31,32)27-10-8-19(9-11-27)28-23(30)22(24)21(14-26-28)25-13-17-3-2-12-33-15-17/h4-7,14,17,19,25H,2-3,8-13,15H2,1H3/t17-/m1/s1. The van der Waals surface area contributed by atoms with E-state index in [-0.39, 0.29) is 40.4 Å². The van der Waals surface area contributed by atoms with Gasteiger partial charge in [-0.3, -0.25) is 9.59 Å². The Bertz CT molecular complexity index is 1180. The average Bonchev–Trinajstić information content (AvgIpc) is 2.86. The maximum absolute atomic E-state index is 13.0. The molecular weight excluding hydrogens is 480 g/mol. The molecule has 0 saturated carbocycles. The van der Waals surface area contributed by atoms with E-state index in [4.69, 9.17) is 16.3 Å². The lowest BCUT2D eigenvalue weighted by molar-refractivity contribution is 0.0595. The Labute approximate surface area is 204 Å². The van der Waals surface area contributed by atoms with Gasteiger partial charge in [0.05, 0.1) is 29.4 Å². The zero-order valence-electron chi connectivity index (χ0n) is 19.1. The van der Waals surface area contributed by atoms with E-state index in [2.05, 4.69) is 10.4 Å². The molecule has 1 N–H and O–H groups in total. The van der Waals surface area contributed by atoms with Gasteiger partial charge in [-0.1, -0.05) is 23.7 Å². The number of Topliss-reactive ketones (excluding diaryl/α,β-unsaturated/α-hetero) is 1. The lowest BCUT2D eigenvalue weighted by Crippen LogP contribution is -2.41. The van der Waals surface area contributed by atoms with E-state index in [9.17, 15) is 18.0 Å². The first-order valence-corrected chi connectivity index (χ1v) is 13.3. The second kappa shape index (κ2) is 10.6. The normalized spacial score (nSPS) is 20.2. The van der Waals surface area contributed by atoms with Crippen LogP contribution in [0.15, 0.2) is 40.2 Å². The van der Waals surface area contributed by atoms with Crippen LogP contribution >= 0.6 is 11.6 Å². The number of rotatable bonds is 7. The molecule has 2 fully saturated rings. The zero-order chi connectivity index (χ0) is 24.3. The third-order valence-electron chi connectivity index (χ3n) is 6.45. The monoisotopic (exact) mass is 508 g/mol. The molecule has 2 aliphatic rings. The molecule has 0 spiro atoms. The van der Waals surface area contributed by atoms with Crippen molar-refractivity contribution >= 4 is 33.1 Å². The smallest absolute Gasteiger partial charge is 0.287 e. The fraction of sp³-hybridized carbons (Fsp3) is 0.522. The number of ketones is 1. The van der Waals surface area contributed by atoms with Crippen molar-refractivity contribution in [1.82, 2.24) is 14.1 Å². The van der Waals surface area contributed by atoms with Gasteiger partial charge in [-0.15, -0.1) is 0 Å². The fourth-order valence-electron chi connectivity index (χ4n) is 4.39. The van der Waals surface area contributed by atoms with Gasteiger partial charge in [-0.2, -0.15) is 9.40 Å². The molecule has 184 valence electrons. The average molecular weight is 509 g/mol. The van der Waals surface area contributed by atoms with Crippen molar-refractivity contribution in [2.75, 3.05) is 38.2 Å².